The third-order valence-electron chi connectivity index (χ3n) is 12.3. The highest BCUT2D eigenvalue weighted by atomic mass is 16.1. The van der Waals surface area contributed by atoms with Crippen LogP contribution in [0.25, 0.3) is 20.8 Å². The molecule has 4 atom stereocenters. The average molecular weight is 657 g/mol. The quantitative estimate of drug-likeness (QED) is 0.209. The van der Waals surface area contributed by atoms with Crippen molar-refractivity contribution >= 4 is 16.9 Å². The van der Waals surface area contributed by atoms with Crippen molar-refractivity contribution in [3.8, 4) is 12.1 Å². The van der Waals surface area contributed by atoms with Crippen LogP contribution < -0.4 is 0 Å². The molecule has 0 amide bonds. The van der Waals surface area contributed by atoms with Crippen LogP contribution in [0.2, 0.25) is 0 Å². The molecular formula is C45H44N4O. The molecule has 5 heteroatoms. The largest absolute Gasteiger partial charge is 0.293 e. The Balaban J connectivity index is 0.000000200. The second-order valence-corrected chi connectivity index (χ2v) is 14.4. The number of fused-ring (bicyclic) bond motifs is 5. The number of carbonyl (C=O) groups is 1. The Morgan fingerprint density at radius 2 is 1.02 bits per heavy atom. The number of nitriles is 2. The minimum atomic E-state index is -0.248. The van der Waals surface area contributed by atoms with Crippen molar-refractivity contribution in [1.29, 1.82) is 10.5 Å². The first-order valence-electron chi connectivity index (χ1n) is 17.1. The maximum Gasteiger partial charge on any atom is 0.266 e. The van der Waals surface area contributed by atoms with E-state index in [-0.39, 0.29) is 35.1 Å². The van der Waals surface area contributed by atoms with Gasteiger partial charge in [-0.25, -0.2) is 20.2 Å². The topological polar surface area (TPSA) is 73.4 Å². The summed E-state index contributed by atoms with van der Waals surface area (Å²) in [5, 5.41) is 19.3. The lowest BCUT2D eigenvalue weighted by molar-refractivity contribution is 0.0946. The van der Waals surface area contributed by atoms with E-state index in [0.29, 0.717) is 16.9 Å². The van der Waals surface area contributed by atoms with E-state index in [4.69, 9.17) is 13.1 Å². The van der Waals surface area contributed by atoms with Gasteiger partial charge < -0.3 is 0 Å². The number of nitrogens with zero attached hydrogens (tertiary/aromatic N) is 4. The summed E-state index contributed by atoms with van der Waals surface area (Å²) in [4.78, 5) is 20.2. The van der Waals surface area contributed by atoms with Crippen molar-refractivity contribution in [2.24, 2.45) is 17.8 Å². The van der Waals surface area contributed by atoms with Crippen molar-refractivity contribution in [2.75, 3.05) is 0 Å². The van der Waals surface area contributed by atoms with Crippen molar-refractivity contribution in [3.05, 3.63) is 148 Å². The maximum absolute atomic E-state index is 13.2. The fourth-order valence-electron chi connectivity index (χ4n) is 8.51. The molecule has 4 aliphatic carbocycles. The molecule has 250 valence electrons. The minimum absolute atomic E-state index is 0.0253. The summed E-state index contributed by atoms with van der Waals surface area (Å²) < 4.78 is 0. The molecule has 2 aromatic carbocycles. The van der Waals surface area contributed by atoms with Gasteiger partial charge in [0.2, 0.25) is 0 Å². The summed E-state index contributed by atoms with van der Waals surface area (Å²) in [5.74, 6) is 0.123. The zero-order valence-electron chi connectivity index (χ0n) is 31.3. The van der Waals surface area contributed by atoms with Crippen molar-refractivity contribution < 1.29 is 4.79 Å². The van der Waals surface area contributed by atoms with Crippen LogP contribution in [0.5, 0.6) is 0 Å². The molecule has 0 saturated heterocycles. The molecule has 0 heterocycles. The first kappa shape index (κ1) is 35.8. The number of carbonyl (C=O) groups excluding carboxylic acids is 1. The molecule has 6 rings (SSSR count). The molecule has 0 bridgehead atoms. The molecule has 0 spiro atoms. The van der Waals surface area contributed by atoms with Gasteiger partial charge in [-0.2, -0.15) is 0 Å². The Labute approximate surface area is 298 Å². The van der Waals surface area contributed by atoms with E-state index in [2.05, 4.69) is 89.4 Å². The Kier molecular flexibility index (Phi) is 9.37. The smallest absolute Gasteiger partial charge is 0.266 e. The SMILES string of the molecule is CC1=C(C)C2C(=O)c3c(C)c(C)c(C)c(C)c3C2C(C)=C1C.[C-]#[N+]/C(C#N)=C1/c2cc(C)c(C)cc2/C(=C(\C#N)[N+]#[C-])C2C=C(C)C(C)=CC12. The Morgan fingerprint density at radius 1 is 0.620 bits per heavy atom. The molecule has 0 N–H and O–H groups in total. The highest BCUT2D eigenvalue weighted by Crippen LogP contribution is 2.54. The van der Waals surface area contributed by atoms with Gasteiger partial charge in [-0.15, -0.1) is 0 Å². The molecule has 0 aliphatic heterocycles. The predicted molar refractivity (Wildman–Crippen MR) is 201 cm³/mol. The second kappa shape index (κ2) is 13.1. The molecule has 2 aromatic rings. The third kappa shape index (κ3) is 5.22. The van der Waals surface area contributed by atoms with Gasteiger partial charge in [-0.05, 0) is 155 Å². The third-order valence-corrected chi connectivity index (χ3v) is 12.3. The Hall–Kier alpha value is -5.49. The molecule has 0 fully saturated rings. The molecule has 50 heavy (non-hydrogen) atoms. The fraction of sp³-hybridized carbons (Fsp3) is 0.356. The Morgan fingerprint density at radius 3 is 1.42 bits per heavy atom. The summed E-state index contributed by atoms with van der Waals surface area (Å²) in [6, 6.07) is 8.08. The van der Waals surface area contributed by atoms with E-state index < -0.39 is 0 Å². The number of hydrogen-bond donors (Lipinski definition) is 0. The van der Waals surface area contributed by atoms with Crippen molar-refractivity contribution in [3.63, 3.8) is 0 Å². The van der Waals surface area contributed by atoms with E-state index in [9.17, 15) is 15.3 Å². The van der Waals surface area contributed by atoms with Crippen LogP contribution in [0.15, 0.2) is 69.1 Å². The number of benzene rings is 2. The van der Waals surface area contributed by atoms with Crippen molar-refractivity contribution in [1.82, 2.24) is 0 Å². The van der Waals surface area contributed by atoms with Crippen molar-refractivity contribution in [2.45, 2.75) is 89.0 Å². The molecule has 4 aliphatic rings. The first-order chi connectivity index (χ1) is 23.6. The standard InChI is InChI=1S/C24H18N4.C21H26O/c1-13-7-17-18(8-14(13)2)24(22(12-26)28-6)20-10-16(4)15(3)9-19(20)23(17)21(11-25)27-5;1-9-11(3)15(7)19-17(13(9)5)18-14(6)10(2)12(4)16(8)20(18)21(19)22/h7-10,17-18H,1-4H3;17,19H,1-8H3/b23-21+,24-22+;. The lowest BCUT2D eigenvalue weighted by Gasteiger charge is -2.38. The number of hydrogen-bond acceptors (Lipinski definition) is 3. The van der Waals surface area contributed by atoms with Gasteiger partial charge in [-0.1, -0.05) is 46.6 Å². The summed E-state index contributed by atoms with van der Waals surface area (Å²) in [6.45, 7) is 40.4. The van der Waals surface area contributed by atoms with Gasteiger partial charge >= 0.3 is 0 Å². The van der Waals surface area contributed by atoms with E-state index >= 15 is 0 Å². The van der Waals surface area contributed by atoms with Gasteiger partial charge in [-0.3, -0.25) is 4.79 Å². The average Bonchev–Trinajstić information content (AvgIpc) is 3.41. The highest BCUT2D eigenvalue weighted by molar-refractivity contribution is 6.08. The minimum Gasteiger partial charge on any atom is -0.293 e. The molecular weight excluding hydrogens is 613 g/mol. The van der Waals surface area contributed by atoms with Crippen LogP contribution in [0.1, 0.15) is 108 Å². The summed E-state index contributed by atoms with van der Waals surface area (Å²) in [6.07, 6.45) is 4.13. The first-order valence-corrected chi connectivity index (χ1v) is 17.1. The molecule has 0 aromatic heterocycles. The number of Topliss-reactive ketones (excluding diaryl/α,β-unsaturated/α-hetero) is 1. The van der Waals surface area contributed by atoms with E-state index in [1.54, 1.807) is 0 Å². The van der Waals surface area contributed by atoms with E-state index in [1.807, 2.05) is 39.8 Å². The zero-order chi connectivity index (χ0) is 37.1. The number of allylic oxidation sites excluding steroid dienone is 12. The summed E-state index contributed by atoms with van der Waals surface area (Å²) >= 11 is 0. The second-order valence-electron chi connectivity index (χ2n) is 14.4. The van der Waals surface area contributed by atoms with Gasteiger partial charge in [0.25, 0.3) is 11.4 Å². The van der Waals surface area contributed by atoms with Gasteiger partial charge in [0.05, 0.1) is 31.2 Å². The normalized spacial score (nSPS) is 23.7. The molecule has 5 nitrogen and oxygen atoms in total. The van der Waals surface area contributed by atoms with E-state index in [1.165, 1.54) is 50.1 Å². The van der Waals surface area contributed by atoms with E-state index in [0.717, 1.165) is 39.0 Å². The molecule has 0 saturated carbocycles. The highest BCUT2D eigenvalue weighted by Gasteiger charge is 2.46. The van der Waals surface area contributed by atoms with Crippen LogP contribution in [0, 0.1) is 95.1 Å². The van der Waals surface area contributed by atoms with Crippen LogP contribution in [-0.2, 0) is 0 Å². The lowest BCUT2D eigenvalue weighted by Crippen LogP contribution is -2.25. The predicted octanol–water partition coefficient (Wildman–Crippen LogP) is 11.3. The fourth-order valence-corrected chi connectivity index (χ4v) is 8.51. The maximum atomic E-state index is 13.2. The van der Waals surface area contributed by atoms with Gasteiger partial charge in [0.15, 0.2) is 5.78 Å². The lowest BCUT2D eigenvalue weighted by atomic mass is 9.65. The molecule has 4 unspecified atom stereocenters. The summed E-state index contributed by atoms with van der Waals surface area (Å²) in [5.41, 5.74) is 20.1. The van der Waals surface area contributed by atoms with Crippen LogP contribution >= 0.6 is 0 Å². The van der Waals surface area contributed by atoms with Gasteiger partial charge in [0, 0.05) is 23.3 Å². The Bertz CT molecular complexity index is 2180. The summed E-state index contributed by atoms with van der Waals surface area (Å²) in [7, 11) is 0. The number of ketones is 1. The molecule has 0 radical (unpaired) electrons. The number of rotatable bonds is 0. The monoisotopic (exact) mass is 656 g/mol. The number of aryl methyl sites for hydroxylation is 2. The zero-order valence-corrected chi connectivity index (χ0v) is 31.3. The van der Waals surface area contributed by atoms with Gasteiger partial charge in [0.1, 0.15) is 0 Å². The van der Waals surface area contributed by atoms with Crippen LogP contribution in [0.3, 0.4) is 0 Å². The van der Waals surface area contributed by atoms with Crippen LogP contribution in [-0.4, -0.2) is 5.78 Å². The van der Waals surface area contributed by atoms with Crippen LogP contribution in [0.4, 0.5) is 0 Å².